The van der Waals surface area contributed by atoms with Crippen molar-refractivity contribution < 1.29 is 28.6 Å². The number of rotatable bonds is 2. The van der Waals surface area contributed by atoms with Crippen molar-refractivity contribution in [3.63, 3.8) is 0 Å². The maximum atomic E-state index is 11.8. The van der Waals surface area contributed by atoms with Crippen LogP contribution in [0.15, 0.2) is 15.8 Å². The molecule has 22 heavy (non-hydrogen) atoms. The van der Waals surface area contributed by atoms with Crippen LogP contribution in [0.2, 0.25) is 0 Å². The van der Waals surface area contributed by atoms with E-state index >= 15 is 0 Å². The molecule has 0 spiro atoms. The predicted molar refractivity (Wildman–Crippen MR) is 71.2 cm³/mol. The average molecular weight is 334 g/mol. The van der Waals surface area contributed by atoms with Crippen molar-refractivity contribution >= 4 is 7.60 Å². The topological polar surface area (TPSA) is 140 Å². The molecular weight excluding hydrogens is 319 g/mol. The first-order valence-electron chi connectivity index (χ1n) is 6.55. The summed E-state index contributed by atoms with van der Waals surface area (Å²) >= 11 is 0. The van der Waals surface area contributed by atoms with Crippen molar-refractivity contribution in [2.75, 3.05) is 6.61 Å². The summed E-state index contributed by atoms with van der Waals surface area (Å²) in [4.78, 5) is 43.5. The molecule has 2 fully saturated rings. The molecule has 2 saturated heterocycles. The molecule has 11 heteroatoms. The third kappa shape index (κ3) is 2.81. The Hall–Kier alpha value is -1.29. The lowest BCUT2D eigenvalue weighted by Crippen LogP contribution is -2.40. The second-order valence-corrected chi connectivity index (χ2v) is 6.85. The Balaban J connectivity index is 1.81. The lowest BCUT2D eigenvalue weighted by molar-refractivity contribution is -0.211. The third-order valence-corrected chi connectivity index (χ3v) is 4.43. The van der Waals surface area contributed by atoms with E-state index in [2.05, 4.69) is 4.98 Å². The fraction of sp³-hybridized carbons (Fsp3) is 0.636. The van der Waals surface area contributed by atoms with Gasteiger partial charge in [-0.05, 0) is 6.92 Å². The van der Waals surface area contributed by atoms with E-state index in [9.17, 15) is 14.2 Å². The van der Waals surface area contributed by atoms with E-state index in [1.165, 1.54) is 10.8 Å². The van der Waals surface area contributed by atoms with Gasteiger partial charge in [-0.3, -0.25) is 18.9 Å². The monoisotopic (exact) mass is 334 g/mol. The molecule has 0 bridgehead atoms. The van der Waals surface area contributed by atoms with Gasteiger partial charge in [0.15, 0.2) is 0 Å². The lowest BCUT2D eigenvalue weighted by Gasteiger charge is -2.31. The van der Waals surface area contributed by atoms with Crippen LogP contribution in [0, 0.1) is 6.92 Å². The van der Waals surface area contributed by atoms with Crippen LogP contribution in [-0.4, -0.2) is 44.2 Å². The first-order chi connectivity index (χ1) is 10.3. The van der Waals surface area contributed by atoms with Crippen LogP contribution in [0.5, 0.6) is 0 Å². The van der Waals surface area contributed by atoms with E-state index in [0.717, 1.165) is 0 Å². The van der Waals surface area contributed by atoms with Gasteiger partial charge in [0.1, 0.15) is 12.3 Å². The van der Waals surface area contributed by atoms with E-state index in [0.29, 0.717) is 5.56 Å². The Bertz CT molecular complexity index is 736. The highest BCUT2D eigenvalue weighted by Crippen LogP contribution is 2.47. The van der Waals surface area contributed by atoms with Crippen LogP contribution < -0.4 is 11.2 Å². The molecule has 2 aliphatic heterocycles. The average Bonchev–Trinajstić information content (AvgIpc) is 2.84. The van der Waals surface area contributed by atoms with E-state index in [1.54, 1.807) is 6.92 Å². The molecule has 122 valence electrons. The number of aromatic amines is 1. The summed E-state index contributed by atoms with van der Waals surface area (Å²) in [6, 6.07) is -1.62. The largest absolute Gasteiger partial charge is 0.381 e. The maximum Gasteiger partial charge on any atom is 0.381 e. The molecule has 3 heterocycles. The van der Waals surface area contributed by atoms with E-state index in [-0.39, 0.29) is 13.0 Å². The zero-order chi connectivity index (χ0) is 16.1. The highest BCUT2D eigenvalue weighted by molar-refractivity contribution is 7.52. The minimum atomic E-state index is -4.52. The van der Waals surface area contributed by atoms with E-state index in [4.69, 9.17) is 24.0 Å². The second-order valence-electron chi connectivity index (χ2n) is 5.25. The lowest BCUT2D eigenvalue weighted by atomic mass is 10.2. The minimum Gasteiger partial charge on any atom is -0.349 e. The zero-order valence-electron chi connectivity index (χ0n) is 11.5. The number of nitrogens with zero attached hydrogens (tertiary/aromatic N) is 1. The number of ether oxygens (including phenoxy) is 3. The number of hydrogen-bond donors (Lipinski definition) is 3. The Kier molecular flexibility index (Phi) is 3.84. The van der Waals surface area contributed by atoms with Gasteiger partial charge in [0, 0.05) is 18.2 Å². The van der Waals surface area contributed by atoms with Gasteiger partial charge in [0.2, 0.25) is 0 Å². The van der Waals surface area contributed by atoms with Gasteiger partial charge >= 0.3 is 13.3 Å². The second kappa shape index (κ2) is 5.41. The quantitative estimate of drug-likeness (QED) is 0.586. The Labute approximate surface area is 123 Å². The standard InChI is InChI=1S/C11H15N2O8P/c1-5-3-13(10(15)12-9(5)14)8-2-6-7(20-8)4-19-11(21-6)22(16,17)18/h3,6-8,11H,2,4H2,1H3,(H,12,14,15)(H2,16,17,18)/t6-,7+,8+,11-/m0/s1. The molecule has 1 aromatic heterocycles. The summed E-state index contributed by atoms with van der Waals surface area (Å²) in [5.41, 5.74) is -0.743. The van der Waals surface area contributed by atoms with Gasteiger partial charge in [-0.15, -0.1) is 0 Å². The van der Waals surface area contributed by atoms with Gasteiger partial charge in [-0.25, -0.2) is 4.79 Å². The van der Waals surface area contributed by atoms with Crippen molar-refractivity contribution in [2.24, 2.45) is 0 Å². The number of fused-ring (bicyclic) bond motifs is 1. The summed E-state index contributed by atoms with van der Waals surface area (Å²) in [6.45, 7) is 1.51. The van der Waals surface area contributed by atoms with Gasteiger partial charge in [-0.2, -0.15) is 0 Å². The summed E-state index contributed by atoms with van der Waals surface area (Å²) in [5.74, 6) is 0. The normalized spacial score (nSPS) is 32.0. The number of aryl methyl sites for hydroxylation is 1. The fourth-order valence-corrected chi connectivity index (χ4v) is 3.10. The Morgan fingerprint density at radius 2 is 2.05 bits per heavy atom. The third-order valence-electron chi connectivity index (χ3n) is 3.61. The molecule has 0 saturated carbocycles. The smallest absolute Gasteiger partial charge is 0.349 e. The predicted octanol–water partition coefficient (Wildman–Crippen LogP) is -0.991. The number of aromatic nitrogens is 2. The molecule has 3 rings (SSSR count). The molecule has 2 aliphatic rings. The molecule has 0 aliphatic carbocycles. The molecule has 4 atom stereocenters. The first-order valence-corrected chi connectivity index (χ1v) is 8.23. The maximum absolute atomic E-state index is 11.8. The van der Waals surface area contributed by atoms with Gasteiger partial charge in [0.25, 0.3) is 11.6 Å². The Morgan fingerprint density at radius 3 is 2.73 bits per heavy atom. The molecule has 3 N–H and O–H groups in total. The number of H-pyrrole nitrogens is 1. The van der Waals surface area contributed by atoms with Crippen molar-refractivity contribution in [1.82, 2.24) is 9.55 Å². The number of hydrogen-bond acceptors (Lipinski definition) is 6. The SMILES string of the molecule is Cc1cn([C@H]2C[C@@H]3O[C@@H](P(=O)(O)O)OC[C@H]3O2)c(=O)[nH]c1=O. The van der Waals surface area contributed by atoms with Crippen LogP contribution in [-0.2, 0) is 18.8 Å². The molecule has 0 unspecified atom stereocenters. The van der Waals surface area contributed by atoms with Crippen LogP contribution in [0.25, 0.3) is 0 Å². The fourth-order valence-electron chi connectivity index (χ4n) is 2.51. The number of nitrogens with one attached hydrogen (secondary N) is 1. The molecule has 1 aromatic rings. The van der Waals surface area contributed by atoms with Crippen LogP contribution in [0.3, 0.4) is 0 Å². The Morgan fingerprint density at radius 1 is 1.32 bits per heavy atom. The van der Waals surface area contributed by atoms with Crippen LogP contribution >= 0.6 is 7.60 Å². The molecule has 0 amide bonds. The molecular formula is C11H15N2O8P. The summed E-state index contributed by atoms with van der Waals surface area (Å²) < 4.78 is 28.2. The van der Waals surface area contributed by atoms with Crippen molar-refractivity contribution in [1.29, 1.82) is 0 Å². The van der Waals surface area contributed by atoms with Crippen LogP contribution in [0.1, 0.15) is 18.2 Å². The van der Waals surface area contributed by atoms with Gasteiger partial charge in [0.05, 0.1) is 12.7 Å². The minimum absolute atomic E-state index is 0.0476. The van der Waals surface area contributed by atoms with Crippen molar-refractivity contribution in [3.05, 3.63) is 32.6 Å². The molecule has 0 radical (unpaired) electrons. The van der Waals surface area contributed by atoms with Crippen molar-refractivity contribution in [2.45, 2.75) is 37.8 Å². The highest BCUT2D eigenvalue weighted by Gasteiger charge is 2.47. The van der Waals surface area contributed by atoms with Crippen LogP contribution in [0.4, 0.5) is 0 Å². The molecule has 0 aromatic carbocycles. The van der Waals surface area contributed by atoms with E-state index in [1.807, 2.05) is 0 Å². The van der Waals surface area contributed by atoms with Gasteiger partial charge < -0.3 is 24.0 Å². The van der Waals surface area contributed by atoms with E-state index < -0.39 is 43.3 Å². The summed E-state index contributed by atoms with van der Waals surface area (Å²) in [7, 11) is -4.52. The zero-order valence-corrected chi connectivity index (χ0v) is 12.4. The highest BCUT2D eigenvalue weighted by atomic mass is 31.2. The van der Waals surface area contributed by atoms with Gasteiger partial charge in [-0.1, -0.05) is 0 Å². The van der Waals surface area contributed by atoms with Crippen molar-refractivity contribution in [3.8, 4) is 0 Å². The first kappa shape index (κ1) is 15.6. The summed E-state index contributed by atoms with van der Waals surface area (Å²) in [6.07, 6.45) is -0.236. The molecule has 10 nitrogen and oxygen atoms in total. The summed E-state index contributed by atoms with van der Waals surface area (Å²) in [5, 5.41) is 0.